The summed E-state index contributed by atoms with van der Waals surface area (Å²) in [6.45, 7) is 0.0985. The maximum absolute atomic E-state index is 11.3. The molecule has 5 rings (SSSR count). The summed E-state index contributed by atoms with van der Waals surface area (Å²) in [7, 11) is 0. The van der Waals surface area contributed by atoms with Gasteiger partial charge in [0.25, 0.3) is 0 Å². The van der Waals surface area contributed by atoms with Crippen LogP contribution in [-0.2, 0) is 28.5 Å². The zero-order valence-corrected chi connectivity index (χ0v) is 25.5. The zero-order chi connectivity index (χ0) is 33.4. The molecule has 3 saturated heterocycles. The molecule has 17 heteroatoms. The Morgan fingerprint density at radius 3 is 1.93 bits per heavy atom. The quantitative estimate of drug-likeness (QED) is 0.0855. The van der Waals surface area contributed by atoms with Gasteiger partial charge in [-0.05, 0) is 25.7 Å². The molecule has 0 spiro atoms. The maximum Gasteiger partial charge on any atom is 0.302 e. The molecule has 11 N–H and O–H groups in total. The summed E-state index contributed by atoms with van der Waals surface area (Å²) >= 11 is 0. The fraction of sp³-hybridized carbons (Fsp3) is 0.966. The van der Waals surface area contributed by atoms with Crippen molar-refractivity contribution < 1.29 is 84.3 Å². The van der Waals surface area contributed by atoms with E-state index in [-0.39, 0.29) is 31.6 Å². The van der Waals surface area contributed by atoms with E-state index >= 15 is 0 Å². The van der Waals surface area contributed by atoms with Gasteiger partial charge in [-0.1, -0.05) is 0 Å². The van der Waals surface area contributed by atoms with Crippen LogP contribution in [0.4, 0.5) is 0 Å². The number of esters is 1. The topological polar surface area (TPSA) is 278 Å². The second-order valence-corrected chi connectivity index (χ2v) is 13.3. The molecule has 5 aliphatic rings. The highest BCUT2D eigenvalue weighted by molar-refractivity contribution is 5.65. The lowest BCUT2D eigenvalue weighted by molar-refractivity contribution is -0.367. The second-order valence-electron chi connectivity index (χ2n) is 13.3. The number of fused-ring (bicyclic) bond motifs is 1. The summed E-state index contributed by atoms with van der Waals surface area (Å²) in [5.41, 5.74) is 0. The molecule has 0 aromatic heterocycles. The summed E-state index contributed by atoms with van der Waals surface area (Å²) in [5, 5.41) is 104. The molecule has 0 amide bonds. The molecule has 46 heavy (non-hydrogen) atoms. The molecule has 0 aromatic rings. The highest BCUT2D eigenvalue weighted by Crippen LogP contribution is 2.43. The Hall–Kier alpha value is -1.13. The first kappa shape index (κ1) is 36.2. The SMILES string of the molecule is CC(=O)OCC1OC(OC2CC(O)CC3[OH+]C(C4CCC(O)C(O)C4)C(OC4OC(CO)C(O)C(O)C4O)CC23)C(O)C(O)C1O. The first-order valence-corrected chi connectivity index (χ1v) is 16.0. The first-order valence-electron chi connectivity index (χ1n) is 16.0. The summed E-state index contributed by atoms with van der Waals surface area (Å²) in [5.74, 6) is -1.38. The number of hydrogen-bond donors (Lipinski definition) is 10. The molecule has 2 aliphatic carbocycles. The van der Waals surface area contributed by atoms with Gasteiger partial charge in [-0.15, -0.1) is 0 Å². The molecule has 3 heterocycles. The maximum atomic E-state index is 11.3. The highest BCUT2D eigenvalue weighted by Gasteiger charge is 2.56. The molecule has 266 valence electrons. The van der Waals surface area contributed by atoms with Crippen LogP contribution < -0.4 is 0 Å². The van der Waals surface area contributed by atoms with Gasteiger partial charge in [-0.25, -0.2) is 0 Å². The van der Waals surface area contributed by atoms with Crippen molar-refractivity contribution >= 4 is 5.97 Å². The minimum atomic E-state index is -1.70. The van der Waals surface area contributed by atoms with Gasteiger partial charge in [0.05, 0.1) is 36.9 Å². The summed E-state index contributed by atoms with van der Waals surface area (Å²) in [4.78, 5) is 11.3. The van der Waals surface area contributed by atoms with Crippen LogP contribution in [0.3, 0.4) is 0 Å². The molecule has 3 aliphatic heterocycles. The second kappa shape index (κ2) is 15.2. The van der Waals surface area contributed by atoms with Gasteiger partial charge in [0.1, 0.15) is 61.5 Å². The van der Waals surface area contributed by atoms with E-state index in [2.05, 4.69) is 0 Å². The van der Waals surface area contributed by atoms with Crippen LogP contribution in [0.25, 0.3) is 0 Å². The van der Waals surface area contributed by atoms with E-state index in [0.29, 0.717) is 12.8 Å². The van der Waals surface area contributed by atoms with Crippen LogP contribution in [0.2, 0.25) is 0 Å². The third-order valence-electron chi connectivity index (χ3n) is 10.1. The van der Waals surface area contributed by atoms with Gasteiger partial charge >= 0.3 is 5.97 Å². The van der Waals surface area contributed by atoms with E-state index in [1.807, 2.05) is 0 Å². The molecular weight excluding hydrogens is 620 g/mol. The molecule has 0 radical (unpaired) electrons. The van der Waals surface area contributed by atoms with Gasteiger partial charge < -0.3 is 79.5 Å². The third kappa shape index (κ3) is 7.69. The Bertz CT molecular complexity index is 1000. The predicted octanol–water partition coefficient (Wildman–Crippen LogP) is -5.11. The van der Waals surface area contributed by atoms with Crippen LogP contribution in [0.1, 0.15) is 45.4 Å². The summed E-state index contributed by atoms with van der Waals surface area (Å²) in [6, 6.07) is 0. The Balaban J connectivity index is 1.37. The Labute approximate surface area is 265 Å². The van der Waals surface area contributed by atoms with Crippen molar-refractivity contribution in [1.29, 1.82) is 0 Å². The largest absolute Gasteiger partial charge is 0.463 e. The lowest BCUT2D eigenvalue weighted by Crippen LogP contribution is -2.64. The molecule has 2 saturated carbocycles. The number of rotatable bonds is 8. The van der Waals surface area contributed by atoms with Crippen LogP contribution in [-0.4, -0.2) is 179 Å². The van der Waals surface area contributed by atoms with E-state index < -0.39 is 129 Å². The van der Waals surface area contributed by atoms with Crippen LogP contribution in [0.5, 0.6) is 0 Å². The predicted molar refractivity (Wildman–Crippen MR) is 149 cm³/mol. The number of ether oxygens (including phenoxy) is 6. The third-order valence-corrected chi connectivity index (χ3v) is 10.1. The standard InChI is InChI=1S/C29H48O17/c1-10(31)41-9-20-22(36)24(38)26(40)28(46-20)43-17-6-12(32)5-16-13(17)7-18(27(42-16)11-2-3-14(33)15(34)4-11)44-29-25(39)23(37)21(35)19(8-30)45-29/h11-30,32-40H,2-9H2,1H3/p+1. The number of aliphatic hydroxyl groups excluding tert-OH is 10. The van der Waals surface area contributed by atoms with Crippen LogP contribution in [0.15, 0.2) is 0 Å². The van der Waals surface area contributed by atoms with Crippen LogP contribution >= 0.6 is 0 Å². The number of aliphatic hydroxyl groups is 12. The van der Waals surface area contributed by atoms with E-state index in [4.69, 9.17) is 28.4 Å². The van der Waals surface area contributed by atoms with Gasteiger partial charge in [0.15, 0.2) is 24.8 Å². The molecule has 19 unspecified atom stereocenters. The fourth-order valence-electron chi connectivity index (χ4n) is 7.53. The van der Waals surface area contributed by atoms with Gasteiger partial charge in [0.2, 0.25) is 0 Å². The Morgan fingerprint density at radius 2 is 1.33 bits per heavy atom. The minimum absolute atomic E-state index is 0.0856. The highest BCUT2D eigenvalue weighted by atomic mass is 16.7. The lowest BCUT2D eigenvalue weighted by atomic mass is 9.72. The number of carbonyl (C=O) groups is 1. The van der Waals surface area contributed by atoms with Crippen LogP contribution in [0, 0.1) is 11.8 Å². The zero-order valence-electron chi connectivity index (χ0n) is 25.5. The Morgan fingerprint density at radius 1 is 0.717 bits per heavy atom. The van der Waals surface area contributed by atoms with Crippen molar-refractivity contribution in [2.24, 2.45) is 11.8 Å². The molecule has 0 bridgehead atoms. The van der Waals surface area contributed by atoms with E-state index in [0.717, 1.165) is 6.92 Å². The Kier molecular flexibility index (Phi) is 11.9. The van der Waals surface area contributed by atoms with Crippen molar-refractivity contribution in [3.8, 4) is 0 Å². The summed E-state index contributed by atoms with van der Waals surface area (Å²) in [6.07, 6.45) is -19.3. The fourth-order valence-corrected chi connectivity index (χ4v) is 7.53. The average Bonchev–Trinajstić information content (AvgIpc) is 3.02. The van der Waals surface area contributed by atoms with E-state index in [1.54, 1.807) is 0 Å². The summed E-state index contributed by atoms with van der Waals surface area (Å²) < 4.78 is 33.7. The van der Waals surface area contributed by atoms with E-state index in [9.17, 15) is 55.9 Å². The molecule has 0 aromatic carbocycles. The van der Waals surface area contributed by atoms with Crippen molar-refractivity contribution in [2.45, 2.75) is 150 Å². The average molecular weight is 670 g/mol. The van der Waals surface area contributed by atoms with Gasteiger partial charge in [0, 0.05) is 25.7 Å². The van der Waals surface area contributed by atoms with Gasteiger partial charge in [-0.2, -0.15) is 0 Å². The van der Waals surface area contributed by atoms with Crippen molar-refractivity contribution in [3.05, 3.63) is 0 Å². The monoisotopic (exact) mass is 669 g/mol. The molecule has 5 fully saturated rings. The first-order chi connectivity index (χ1) is 21.8. The van der Waals surface area contributed by atoms with Crippen molar-refractivity contribution in [2.75, 3.05) is 13.2 Å². The molecule has 19 atom stereocenters. The normalized spacial score (nSPS) is 51.7. The number of carbonyl (C=O) groups excluding carboxylic acids is 1. The lowest BCUT2D eigenvalue weighted by Gasteiger charge is -2.50. The van der Waals surface area contributed by atoms with Crippen molar-refractivity contribution in [1.82, 2.24) is 0 Å². The van der Waals surface area contributed by atoms with Crippen molar-refractivity contribution in [3.63, 3.8) is 0 Å². The van der Waals surface area contributed by atoms with Gasteiger partial charge in [-0.3, -0.25) is 4.79 Å². The number of hydrogen-bond acceptors (Lipinski definition) is 16. The molecule has 17 nitrogen and oxygen atoms in total. The minimum Gasteiger partial charge on any atom is -0.463 e. The molecular formula is C29H49O17+. The smallest absolute Gasteiger partial charge is 0.302 e. The van der Waals surface area contributed by atoms with E-state index in [1.165, 1.54) is 0 Å².